The first-order chi connectivity index (χ1) is 13.5. The minimum absolute atomic E-state index is 0.223. The number of rotatable bonds is 4. The Morgan fingerprint density at radius 3 is 2.68 bits per heavy atom. The van der Waals surface area contributed by atoms with Gasteiger partial charge in [0, 0.05) is 26.4 Å². The highest BCUT2D eigenvalue weighted by Crippen LogP contribution is 2.29. The SMILES string of the molecule is COCc1nn2c(ncc3c(=O)n(NC(C)=O)ccc32)c1-c1ccc(F)cc1. The summed E-state index contributed by atoms with van der Waals surface area (Å²) in [6, 6.07) is 7.68. The quantitative estimate of drug-likeness (QED) is 0.585. The van der Waals surface area contributed by atoms with E-state index in [0.717, 1.165) is 10.2 Å². The maximum atomic E-state index is 13.3. The third kappa shape index (κ3) is 2.91. The molecule has 3 heterocycles. The molecule has 142 valence electrons. The molecule has 1 aromatic carbocycles. The molecule has 0 spiro atoms. The van der Waals surface area contributed by atoms with Crippen LogP contribution in [-0.4, -0.2) is 32.3 Å². The number of aromatic nitrogens is 4. The summed E-state index contributed by atoms with van der Waals surface area (Å²) < 4.78 is 21.2. The number of carbonyl (C=O) groups excluding carboxylic acids is 1. The van der Waals surface area contributed by atoms with Crippen molar-refractivity contribution < 1.29 is 13.9 Å². The lowest BCUT2D eigenvalue weighted by atomic mass is 10.1. The number of amides is 1. The second kappa shape index (κ2) is 6.86. The van der Waals surface area contributed by atoms with E-state index in [1.54, 1.807) is 29.8 Å². The number of ether oxygens (including phenoxy) is 1. The Morgan fingerprint density at radius 2 is 2.00 bits per heavy atom. The van der Waals surface area contributed by atoms with Crippen LogP contribution in [0, 0.1) is 5.82 Å². The van der Waals surface area contributed by atoms with Gasteiger partial charge in [-0.25, -0.2) is 18.6 Å². The molecule has 0 radical (unpaired) electrons. The summed E-state index contributed by atoms with van der Waals surface area (Å²) >= 11 is 0. The minimum atomic E-state index is -0.422. The smallest absolute Gasteiger partial charge is 0.280 e. The molecule has 1 amide bonds. The molecule has 4 aromatic rings. The molecule has 0 aliphatic heterocycles. The number of nitrogens with one attached hydrogen (secondary N) is 1. The molecule has 0 unspecified atom stereocenters. The van der Waals surface area contributed by atoms with E-state index >= 15 is 0 Å². The Hall–Kier alpha value is -3.59. The molecule has 8 nitrogen and oxygen atoms in total. The van der Waals surface area contributed by atoms with E-state index in [1.165, 1.54) is 31.5 Å². The van der Waals surface area contributed by atoms with Gasteiger partial charge in [0.15, 0.2) is 5.65 Å². The lowest BCUT2D eigenvalue weighted by Crippen LogP contribution is -2.31. The summed E-state index contributed by atoms with van der Waals surface area (Å²) in [7, 11) is 1.55. The first-order valence-electron chi connectivity index (χ1n) is 8.44. The fraction of sp³-hybridized carbons (Fsp3) is 0.158. The normalized spacial score (nSPS) is 11.2. The lowest BCUT2D eigenvalue weighted by Gasteiger charge is -2.08. The number of pyridine rings is 1. The number of methoxy groups -OCH3 is 1. The van der Waals surface area contributed by atoms with Gasteiger partial charge in [0.25, 0.3) is 5.56 Å². The molecule has 9 heteroatoms. The largest absolute Gasteiger partial charge is 0.378 e. The minimum Gasteiger partial charge on any atom is -0.378 e. The van der Waals surface area contributed by atoms with Crippen LogP contribution in [0.1, 0.15) is 12.6 Å². The van der Waals surface area contributed by atoms with E-state index in [2.05, 4.69) is 15.5 Å². The van der Waals surface area contributed by atoms with Crippen LogP contribution in [0.2, 0.25) is 0 Å². The van der Waals surface area contributed by atoms with Crippen LogP contribution in [0.15, 0.2) is 47.5 Å². The van der Waals surface area contributed by atoms with E-state index in [9.17, 15) is 14.0 Å². The van der Waals surface area contributed by atoms with Gasteiger partial charge in [-0.05, 0) is 23.8 Å². The molecule has 28 heavy (non-hydrogen) atoms. The average molecular weight is 381 g/mol. The van der Waals surface area contributed by atoms with Gasteiger partial charge in [-0.1, -0.05) is 12.1 Å². The van der Waals surface area contributed by atoms with Gasteiger partial charge >= 0.3 is 0 Å². The Morgan fingerprint density at radius 1 is 1.25 bits per heavy atom. The summed E-state index contributed by atoms with van der Waals surface area (Å²) in [5.41, 5.74) is 5.11. The predicted octanol–water partition coefficient (Wildman–Crippen LogP) is 2.09. The van der Waals surface area contributed by atoms with Crippen LogP contribution >= 0.6 is 0 Å². The second-order valence-electron chi connectivity index (χ2n) is 6.21. The van der Waals surface area contributed by atoms with Gasteiger partial charge in [0.05, 0.1) is 28.8 Å². The third-order valence-electron chi connectivity index (χ3n) is 4.28. The highest BCUT2D eigenvalue weighted by atomic mass is 19.1. The number of carbonyl (C=O) groups is 1. The molecule has 0 saturated heterocycles. The molecule has 4 rings (SSSR count). The van der Waals surface area contributed by atoms with Crippen molar-refractivity contribution >= 4 is 22.5 Å². The van der Waals surface area contributed by atoms with Crippen LogP contribution in [-0.2, 0) is 16.1 Å². The molecular formula is C19H16FN5O3. The van der Waals surface area contributed by atoms with E-state index in [4.69, 9.17) is 4.74 Å². The number of hydrogen-bond donors (Lipinski definition) is 1. The summed E-state index contributed by atoms with van der Waals surface area (Å²) in [6.45, 7) is 1.54. The van der Waals surface area contributed by atoms with Crippen LogP contribution in [0.3, 0.4) is 0 Å². The average Bonchev–Trinajstić information content (AvgIpc) is 3.03. The highest BCUT2D eigenvalue weighted by Gasteiger charge is 2.18. The zero-order valence-corrected chi connectivity index (χ0v) is 15.1. The maximum absolute atomic E-state index is 13.3. The number of halogens is 1. The molecule has 0 aliphatic rings. The first-order valence-corrected chi connectivity index (χ1v) is 8.44. The molecule has 0 bridgehead atoms. The lowest BCUT2D eigenvalue weighted by molar-refractivity contribution is -0.115. The molecule has 0 aliphatic carbocycles. The van der Waals surface area contributed by atoms with Gasteiger partial charge in [0.1, 0.15) is 5.82 Å². The fourth-order valence-electron chi connectivity index (χ4n) is 3.12. The van der Waals surface area contributed by atoms with Crippen LogP contribution in [0.5, 0.6) is 0 Å². The van der Waals surface area contributed by atoms with E-state index < -0.39 is 5.56 Å². The van der Waals surface area contributed by atoms with Crippen molar-refractivity contribution in [2.24, 2.45) is 0 Å². The van der Waals surface area contributed by atoms with Gasteiger partial charge in [0.2, 0.25) is 5.91 Å². The monoisotopic (exact) mass is 381 g/mol. The van der Waals surface area contributed by atoms with Crippen molar-refractivity contribution in [3.8, 4) is 11.1 Å². The molecule has 0 saturated carbocycles. The number of hydrogen-bond acceptors (Lipinski definition) is 5. The summed E-state index contributed by atoms with van der Waals surface area (Å²) in [4.78, 5) is 28.3. The summed E-state index contributed by atoms with van der Waals surface area (Å²) in [5.74, 6) is -0.707. The van der Waals surface area contributed by atoms with Crippen molar-refractivity contribution in [3.05, 3.63) is 64.6 Å². The van der Waals surface area contributed by atoms with Crippen LogP contribution in [0.25, 0.3) is 27.7 Å². The van der Waals surface area contributed by atoms with Gasteiger partial charge in [-0.3, -0.25) is 15.0 Å². The number of fused-ring (bicyclic) bond motifs is 3. The van der Waals surface area contributed by atoms with Crippen molar-refractivity contribution in [1.29, 1.82) is 0 Å². The molecule has 1 N–H and O–H groups in total. The molecule has 0 fully saturated rings. The Kier molecular flexibility index (Phi) is 4.36. The summed E-state index contributed by atoms with van der Waals surface area (Å²) in [5, 5.41) is 4.85. The molecule has 0 atom stereocenters. The van der Waals surface area contributed by atoms with Crippen molar-refractivity contribution in [2.45, 2.75) is 13.5 Å². The third-order valence-corrected chi connectivity index (χ3v) is 4.28. The zero-order chi connectivity index (χ0) is 19.8. The van der Waals surface area contributed by atoms with Crippen LogP contribution < -0.4 is 11.0 Å². The molecule has 3 aromatic heterocycles. The zero-order valence-electron chi connectivity index (χ0n) is 15.1. The molecular weight excluding hydrogens is 365 g/mol. The maximum Gasteiger partial charge on any atom is 0.280 e. The predicted molar refractivity (Wildman–Crippen MR) is 101 cm³/mol. The standard InChI is InChI=1S/C19H16FN5O3/c1-11(26)22-24-8-7-16-14(19(24)27)9-21-18-17(12-3-5-13(20)6-4-12)15(10-28-2)23-25(16)18/h3-9H,10H2,1-2H3,(H,22,26). The van der Waals surface area contributed by atoms with Gasteiger partial charge in [-0.2, -0.15) is 5.10 Å². The van der Waals surface area contributed by atoms with E-state index in [1.807, 2.05) is 0 Å². The van der Waals surface area contributed by atoms with Crippen molar-refractivity contribution in [2.75, 3.05) is 12.5 Å². The van der Waals surface area contributed by atoms with E-state index in [-0.39, 0.29) is 18.3 Å². The Labute approximate surface area is 158 Å². The topological polar surface area (TPSA) is 90.5 Å². The van der Waals surface area contributed by atoms with Crippen LogP contribution in [0.4, 0.5) is 4.39 Å². The fourth-order valence-corrected chi connectivity index (χ4v) is 3.12. The van der Waals surface area contributed by atoms with Gasteiger partial charge in [-0.15, -0.1) is 0 Å². The summed E-state index contributed by atoms with van der Waals surface area (Å²) in [6.07, 6.45) is 2.90. The van der Waals surface area contributed by atoms with Crippen molar-refractivity contribution in [3.63, 3.8) is 0 Å². The first kappa shape index (κ1) is 17.8. The Bertz CT molecular complexity index is 1260. The second-order valence-corrected chi connectivity index (χ2v) is 6.21. The number of benzene rings is 1. The van der Waals surface area contributed by atoms with Gasteiger partial charge < -0.3 is 4.74 Å². The highest BCUT2D eigenvalue weighted by molar-refractivity contribution is 5.87. The van der Waals surface area contributed by atoms with Crippen molar-refractivity contribution in [1.82, 2.24) is 19.3 Å². The number of nitrogens with zero attached hydrogens (tertiary/aromatic N) is 4. The van der Waals surface area contributed by atoms with E-state index in [0.29, 0.717) is 27.8 Å². The Balaban J connectivity index is 2.00.